The summed E-state index contributed by atoms with van der Waals surface area (Å²) in [5.74, 6) is -0.569. The highest BCUT2D eigenvalue weighted by atomic mass is 16.5. The number of hydrogen-bond donors (Lipinski definition) is 3. The summed E-state index contributed by atoms with van der Waals surface area (Å²) >= 11 is 0. The number of aliphatic hydroxyl groups is 2. The van der Waals surface area contributed by atoms with Gasteiger partial charge in [0, 0.05) is 12.8 Å². The third-order valence-electron chi connectivity index (χ3n) is 12.9. The van der Waals surface area contributed by atoms with E-state index in [1.54, 1.807) is 0 Å². The Hall–Kier alpha value is -2.44. The lowest BCUT2D eigenvalue weighted by molar-refractivity contribution is -0.150. The first kappa shape index (κ1) is 63.6. The summed E-state index contributed by atoms with van der Waals surface area (Å²) in [6, 6.07) is -0.732. The largest absolute Gasteiger partial charge is 0.461 e. The minimum absolute atomic E-state index is 0.00127. The summed E-state index contributed by atoms with van der Waals surface area (Å²) in [4.78, 5) is 26.2. The molecule has 0 aromatic rings. The number of allylic oxidation sites excluding steroid dienone is 9. The lowest BCUT2D eigenvalue weighted by Crippen LogP contribution is -2.46. The van der Waals surface area contributed by atoms with Crippen LogP contribution < -0.4 is 5.32 Å². The molecule has 1 amide bonds. The van der Waals surface area contributed by atoms with Crippen LogP contribution in [-0.2, 0) is 14.3 Å². The van der Waals surface area contributed by atoms with Gasteiger partial charge in [0.1, 0.15) is 6.10 Å². The van der Waals surface area contributed by atoms with Gasteiger partial charge in [0.05, 0.1) is 25.2 Å². The standard InChI is InChI=1S/C60H109NO5/c1-4-7-10-13-16-19-22-25-28-31-34-37-40-43-46-49-52-58(63)57(55-62)61-59(64)54-56(51-48-45-42-39-36-33-30-27-24-21-18-15-12-9-6-3)66-60(65)53-50-47-44-41-38-35-32-29-26-23-20-17-14-11-8-5-2/h9,12,18,21,27,30,36,39,45,48,56-58,62-63H,4-8,10-11,13-17,19-20,22-26,28-29,31-35,37-38,40-44,46-47,49-55H2,1-3H3,(H,61,64)/b12-9-,21-18-,30-27-,39-36-,48-45-. The molecule has 6 heteroatoms. The smallest absolute Gasteiger partial charge is 0.306 e. The Morgan fingerprint density at radius 3 is 1.15 bits per heavy atom. The van der Waals surface area contributed by atoms with E-state index in [-0.39, 0.29) is 24.9 Å². The zero-order valence-corrected chi connectivity index (χ0v) is 43.8. The SMILES string of the molecule is CC/C=C\C/C=C\C/C=C\C/C=C\C/C=C\CC(CC(=O)NC(CO)C(O)CCCCCCCCCCCCCCCCCC)OC(=O)CCCCCCCCCCCCCCCCCC. The molecule has 0 aromatic carbocycles. The van der Waals surface area contributed by atoms with Crippen LogP contribution in [0.1, 0.15) is 284 Å². The molecule has 0 radical (unpaired) electrons. The molecule has 66 heavy (non-hydrogen) atoms. The average molecular weight is 925 g/mol. The number of amides is 1. The highest BCUT2D eigenvalue weighted by Crippen LogP contribution is 2.18. The van der Waals surface area contributed by atoms with E-state index in [1.165, 1.54) is 167 Å². The molecule has 0 aliphatic rings. The summed E-state index contributed by atoms with van der Waals surface area (Å²) in [6.07, 6.45) is 67.3. The van der Waals surface area contributed by atoms with Crippen molar-refractivity contribution in [2.24, 2.45) is 0 Å². The van der Waals surface area contributed by atoms with Crippen molar-refractivity contribution in [1.82, 2.24) is 5.32 Å². The molecule has 0 saturated carbocycles. The third kappa shape index (κ3) is 48.0. The number of hydrogen-bond acceptors (Lipinski definition) is 5. The van der Waals surface area contributed by atoms with Crippen molar-refractivity contribution in [2.75, 3.05) is 6.61 Å². The fourth-order valence-electron chi connectivity index (χ4n) is 8.57. The van der Waals surface area contributed by atoms with Crippen molar-refractivity contribution in [1.29, 1.82) is 0 Å². The van der Waals surface area contributed by atoms with Crippen LogP contribution in [0.3, 0.4) is 0 Å². The van der Waals surface area contributed by atoms with E-state index < -0.39 is 18.2 Å². The highest BCUT2D eigenvalue weighted by molar-refractivity contribution is 5.77. The second kappa shape index (κ2) is 53.5. The van der Waals surface area contributed by atoms with Gasteiger partial charge in [0.2, 0.25) is 5.91 Å². The first-order valence-electron chi connectivity index (χ1n) is 28.5. The molecule has 0 heterocycles. The monoisotopic (exact) mass is 924 g/mol. The minimum atomic E-state index is -0.813. The van der Waals surface area contributed by atoms with Gasteiger partial charge in [0.15, 0.2) is 0 Å². The van der Waals surface area contributed by atoms with Crippen LogP contribution in [0.2, 0.25) is 0 Å². The molecule has 3 unspecified atom stereocenters. The van der Waals surface area contributed by atoms with Gasteiger partial charge in [-0.1, -0.05) is 281 Å². The first-order chi connectivity index (χ1) is 32.5. The Kier molecular flexibility index (Phi) is 51.5. The number of carbonyl (C=O) groups excluding carboxylic acids is 2. The second-order valence-corrected chi connectivity index (χ2v) is 19.3. The van der Waals surface area contributed by atoms with E-state index in [2.05, 4.69) is 80.8 Å². The van der Waals surface area contributed by atoms with E-state index in [1.807, 2.05) is 6.08 Å². The number of aliphatic hydroxyl groups excluding tert-OH is 2. The van der Waals surface area contributed by atoms with Crippen LogP contribution in [-0.4, -0.2) is 46.9 Å². The van der Waals surface area contributed by atoms with Crippen molar-refractivity contribution in [2.45, 2.75) is 302 Å². The van der Waals surface area contributed by atoms with E-state index in [0.29, 0.717) is 19.3 Å². The molecule has 3 atom stereocenters. The van der Waals surface area contributed by atoms with Gasteiger partial charge in [-0.2, -0.15) is 0 Å². The van der Waals surface area contributed by atoms with Crippen molar-refractivity contribution in [3.05, 3.63) is 60.8 Å². The Morgan fingerprint density at radius 1 is 0.455 bits per heavy atom. The molecule has 6 nitrogen and oxygen atoms in total. The summed E-state index contributed by atoms with van der Waals surface area (Å²) in [7, 11) is 0. The summed E-state index contributed by atoms with van der Waals surface area (Å²) in [5, 5.41) is 23.8. The number of rotatable bonds is 51. The maximum absolute atomic E-state index is 13.2. The number of nitrogens with one attached hydrogen (secondary N) is 1. The highest BCUT2D eigenvalue weighted by Gasteiger charge is 2.23. The van der Waals surface area contributed by atoms with Gasteiger partial charge < -0.3 is 20.3 Å². The van der Waals surface area contributed by atoms with Crippen molar-refractivity contribution < 1.29 is 24.5 Å². The lowest BCUT2D eigenvalue weighted by atomic mass is 10.0. The van der Waals surface area contributed by atoms with Gasteiger partial charge in [-0.15, -0.1) is 0 Å². The van der Waals surface area contributed by atoms with Crippen molar-refractivity contribution >= 4 is 11.9 Å². The van der Waals surface area contributed by atoms with E-state index in [4.69, 9.17) is 4.74 Å². The van der Waals surface area contributed by atoms with Crippen LogP contribution in [0.5, 0.6) is 0 Å². The molecule has 0 saturated heterocycles. The number of unbranched alkanes of at least 4 members (excludes halogenated alkanes) is 30. The number of carbonyl (C=O) groups is 2. The molecular weight excluding hydrogens is 815 g/mol. The Balaban J connectivity index is 4.63. The molecule has 3 N–H and O–H groups in total. The maximum Gasteiger partial charge on any atom is 0.306 e. The molecule has 0 aromatic heterocycles. The first-order valence-corrected chi connectivity index (χ1v) is 28.5. The molecule has 0 fully saturated rings. The minimum Gasteiger partial charge on any atom is -0.461 e. The van der Waals surface area contributed by atoms with E-state index >= 15 is 0 Å². The Labute approximate surface area is 409 Å². The van der Waals surface area contributed by atoms with Crippen LogP contribution in [0.15, 0.2) is 60.8 Å². The maximum atomic E-state index is 13.2. The average Bonchev–Trinajstić information content (AvgIpc) is 3.31. The van der Waals surface area contributed by atoms with Gasteiger partial charge in [0.25, 0.3) is 0 Å². The summed E-state index contributed by atoms with van der Waals surface area (Å²) in [6.45, 7) is 6.37. The molecule has 0 aliphatic heterocycles. The normalized spacial score (nSPS) is 13.6. The van der Waals surface area contributed by atoms with Crippen LogP contribution in [0.25, 0.3) is 0 Å². The predicted molar refractivity (Wildman–Crippen MR) is 287 cm³/mol. The van der Waals surface area contributed by atoms with Crippen LogP contribution >= 0.6 is 0 Å². The third-order valence-corrected chi connectivity index (χ3v) is 12.9. The fourth-order valence-corrected chi connectivity index (χ4v) is 8.57. The summed E-state index contributed by atoms with van der Waals surface area (Å²) in [5.41, 5.74) is 0. The molecule has 384 valence electrons. The molecule has 0 spiro atoms. The number of ether oxygens (including phenoxy) is 1. The topological polar surface area (TPSA) is 95.9 Å². The summed E-state index contributed by atoms with van der Waals surface area (Å²) < 4.78 is 5.89. The van der Waals surface area contributed by atoms with Crippen molar-refractivity contribution in [3.8, 4) is 0 Å². The zero-order chi connectivity index (χ0) is 48.1. The molecular formula is C60H109NO5. The zero-order valence-electron chi connectivity index (χ0n) is 43.8. The second-order valence-electron chi connectivity index (χ2n) is 19.3. The van der Waals surface area contributed by atoms with E-state index in [9.17, 15) is 19.8 Å². The van der Waals surface area contributed by atoms with Crippen molar-refractivity contribution in [3.63, 3.8) is 0 Å². The molecule has 0 aliphatic carbocycles. The molecule has 0 bridgehead atoms. The Bertz CT molecular complexity index is 1170. The molecule has 0 rings (SSSR count). The van der Waals surface area contributed by atoms with Gasteiger partial charge in [-0.05, 0) is 44.9 Å². The predicted octanol–water partition coefficient (Wildman–Crippen LogP) is 17.6. The van der Waals surface area contributed by atoms with Crippen LogP contribution in [0.4, 0.5) is 0 Å². The van der Waals surface area contributed by atoms with Gasteiger partial charge in [-0.3, -0.25) is 9.59 Å². The fraction of sp³-hybridized carbons (Fsp3) is 0.800. The lowest BCUT2D eigenvalue weighted by Gasteiger charge is -2.24. The van der Waals surface area contributed by atoms with Crippen LogP contribution in [0, 0.1) is 0 Å². The number of esters is 1. The Morgan fingerprint density at radius 2 is 0.788 bits per heavy atom. The quantitative estimate of drug-likeness (QED) is 0.0321. The van der Waals surface area contributed by atoms with Gasteiger partial charge in [-0.25, -0.2) is 0 Å². The van der Waals surface area contributed by atoms with Gasteiger partial charge >= 0.3 is 5.97 Å². The van der Waals surface area contributed by atoms with E-state index in [0.717, 1.165) is 70.6 Å².